The minimum atomic E-state index is 0.434. The van der Waals surface area contributed by atoms with Crippen LogP contribution in [-0.2, 0) is 20.2 Å². The Hall–Kier alpha value is -1.52. The van der Waals surface area contributed by atoms with E-state index in [4.69, 9.17) is 16.3 Å². The van der Waals surface area contributed by atoms with E-state index in [9.17, 15) is 0 Å². The quantitative estimate of drug-likeness (QED) is 0.915. The highest BCUT2D eigenvalue weighted by molar-refractivity contribution is 6.30. The van der Waals surface area contributed by atoms with Crippen LogP contribution in [0.1, 0.15) is 16.8 Å². The first-order chi connectivity index (χ1) is 9.11. The van der Waals surface area contributed by atoms with E-state index in [-0.39, 0.29) is 0 Å². The molecule has 0 bridgehead atoms. The van der Waals surface area contributed by atoms with Crippen molar-refractivity contribution >= 4 is 11.6 Å². The summed E-state index contributed by atoms with van der Waals surface area (Å²) in [6, 6.07) is 8.02. The zero-order chi connectivity index (χ0) is 13.8. The van der Waals surface area contributed by atoms with Gasteiger partial charge in [0, 0.05) is 19.2 Å². The molecule has 0 aliphatic heterocycles. The summed E-state index contributed by atoms with van der Waals surface area (Å²) >= 11 is 6.16. The third-order valence-corrected chi connectivity index (χ3v) is 3.43. The monoisotopic (exact) mass is 279 g/mol. The summed E-state index contributed by atoms with van der Waals surface area (Å²) in [6.45, 7) is 3.22. The molecule has 0 saturated carbocycles. The molecule has 1 aromatic carbocycles. The van der Waals surface area contributed by atoms with Crippen molar-refractivity contribution in [1.82, 2.24) is 15.1 Å². The third-order valence-electron chi connectivity index (χ3n) is 2.96. The van der Waals surface area contributed by atoms with E-state index in [2.05, 4.69) is 10.4 Å². The molecule has 0 saturated heterocycles. The largest absolute Gasteiger partial charge is 0.489 e. The van der Waals surface area contributed by atoms with Crippen molar-refractivity contribution in [3.05, 3.63) is 46.2 Å². The van der Waals surface area contributed by atoms with Gasteiger partial charge in [0.2, 0.25) is 0 Å². The van der Waals surface area contributed by atoms with E-state index >= 15 is 0 Å². The fourth-order valence-corrected chi connectivity index (χ4v) is 2.13. The summed E-state index contributed by atoms with van der Waals surface area (Å²) in [4.78, 5) is 0. The molecule has 0 spiro atoms. The van der Waals surface area contributed by atoms with E-state index in [0.717, 1.165) is 23.6 Å². The number of hydrogen-bond donors (Lipinski definition) is 1. The number of rotatable bonds is 5. The molecule has 1 heterocycles. The summed E-state index contributed by atoms with van der Waals surface area (Å²) in [5.74, 6) is 0.833. The Morgan fingerprint density at radius 2 is 2.00 bits per heavy atom. The maximum Gasteiger partial charge on any atom is 0.133 e. The normalized spacial score (nSPS) is 10.7. The van der Waals surface area contributed by atoms with Crippen LogP contribution in [0, 0.1) is 6.92 Å². The maximum absolute atomic E-state index is 6.16. The van der Waals surface area contributed by atoms with E-state index in [1.54, 1.807) is 4.68 Å². The zero-order valence-electron chi connectivity index (χ0n) is 11.4. The second kappa shape index (κ2) is 6.08. The summed E-state index contributed by atoms with van der Waals surface area (Å²) in [6.07, 6.45) is 0. The molecule has 0 aliphatic carbocycles. The van der Waals surface area contributed by atoms with Crippen molar-refractivity contribution in [2.24, 2.45) is 7.05 Å². The Morgan fingerprint density at radius 3 is 2.53 bits per heavy atom. The van der Waals surface area contributed by atoms with Crippen LogP contribution in [0.5, 0.6) is 5.75 Å². The van der Waals surface area contributed by atoms with Gasteiger partial charge in [-0.3, -0.25) is 4.68 Å². The van der Waals surface area contributed by atoms with Gasteiger partial charge in [0.15, 0.2) is 0 Å². The van der Waals surface area contributed by atoms with Crippen LogP contribution in [0.25, 0.3) is 0 Å². The third kappa shape index (κ3) is 3.28. The fourth-order valence-electron chi connectivity index (χ4n) is 1.90. The maximum atomic E-state index is 6.16. The Labute approximate surface area is 118 Å². The van der Waals surface area contributed by atoms with Crippen molar-refractivity contribution in [3.8, 4) is 5.75 Å². The molecule has 0 aliphatic rings. The predicted octanol–water partition coefficient (Wildman–Crippen LogP) is 2.68. The Morgan fingerprint density at radius 1 is 1.32 bits per heavy atom. The minimum absolute atomic E-state index is 0.434. The van der Waals surface area contributed by atoms with Crippen LogP contribution in [0.2, 0.25) is 5.15 Å². The Balaban J connectivity index is 2.02. The Kier molecular flexibility index (Phi) is 4.45. The van der Waals surface area contributed by atoms with Crippen LogP contribution < -0.4 is 10.1 Å². The molecule has 5 heteroatoms. The number of benzene rings is 1. The molecule has 0 unspecified atom stereocenters. The molecular formula is C14H18ClN3O. The van der Waals surface area contributed by atoms with Crippen LogP contribution in [0.15, 0.2) is 24.3 Å². The first-order valence-corrected chi connectivity index (χ1v) is 6.54. The lowest BCUT2D eigenvalue weighted by Crippen LogP contribution is -2.04. The van der Waals surface area contributed by atoms with Gasteiger partial charge in [-0.25, -0.2) is 0 Å². The number of aromatic nitrogens is 2. The number of ether oxygens (including phenoxy) is 1. The van der Waals surface area contributed by atoms with Crippen molar-refractivity contribution < 1.29 is 4.74 Å². The zero-order valence-corrected chi connectivity index (χ0v) is 12.2. The highest BCUT2D eigenvalue weighted by atomic mass is 35.5. The van der Waals surface area contributed by atoms with Crippen LogP contribution >= 0.6 is 11.6 Å². The van der Waals surface area contributed by atoms with Gasteiger partial charge >= 0.3 is 0 Å². The average molecular weight is 280 g/mol. The van der Waals surface area contributed by atoms with Crippen LogP contribution in [0.3, 0.4) is 0 Å². The molecule has 0 amide bonds. The highest BCUT2D eigenvalue weighted by Crippen LogP contribution is 2.21. The van der Waals surface area contributed by atoms with E-state index in [1.165, 1.54) is 5.56 Å². The molecule has 0 radical (unpaired) electrons. The Bertz CT molecular complexity index is 549. The van der Waals surface area contributed by atoms with Gasteiger partial charge in [-0.2, -0.15) is 5.10 Å². The van der Waals surface area contributed by atoms with Gasteiger partial charge < -0.3 is 10.1 Å². The second-order valence-corrected chi connectivity index (χ2v) is 4.80. The second-order valence-electron chi connectivity index (χ2n) is 4.44. The molecular weight excluding hydrogens is 262 g/mol. The highest BCUT2D eigenvalue weighted by Gasteiger charge is 2.11. The molecule has 4 nitrogen and oxygen atoms in total. The van der Waals surface area contributed by atoms with Crippen molar-refractivity contribution in [2.75, 3.05) is 7.05 Å². The smallest absolute Gasteiger partial charge is 0.133 e. The van der Waals surface area contributed by atoms with Gasteiger partial charge in [-0.05, 0) is 31.7 Å². The van der Waals surface area contributed by atoms with Crippen molar-refractivity contribution in [1.29, 1.82) is 0 Å². The van der Waals surface area contributed by atoms with Gasteiger partial charge in [-0.1, -0.05) is 23.7 Å². The molecule has 102 valence electrons. The topological polar surface area (TPSA) is 39.1 Å². The van der Waals surface area contributed by atoms with E-state index < -0.39 is 0 Å². The van der Waals surface area contributed by atoms with E-state index in [1.807, 2.05) is 45.3 Å². The van der Waals surface area contributed by atoms with Crippen LogP contribution in [0.4, 0.5) is 0 Å². The number of aryl methyl sites for hydroxylation is 2. The standard InChI is InChI=1S/C14H18ClN3O/c1-10-13(14(15)18(3)17-10)9-19-12-6-4-11(5-7-12)8-16-2/h4-7,16H,8-9H2,1-3H3. The average Bonchev–Trinajstić information content (AvgIpc) is 2.64. The number of nitrogens with one attached hydrogen (secondary N) is 1. The molecule has 2 rings (SSSR count). The lowest BCUT2D eigenvalue weighted by molar-refractivity contribution is 0.305. The fraction of sp³-hybridized carbons (Fsp3) is 0.357. The predicted molar refractivity (Wildman–Crippen MR) is 76.5 cm³/mol. The number of nitrogens with zero attached hydrogens (tertiary/aromatic N) is 2. The lowest BCUT2D eigenvalue weighted by atomic mass is 10.2. The van der Waals surface area contributed by atoms with Gasteiger partial charge in [-0.15, -0.1) is 0 Å². The van der Waals surface area contributed by atoms with Gasteiger partial charge in [0.05, 0.1) is 5.69 Å². The van der Waals surface area contributed by atoms with Crippen molar-refractivity contribution in [2.45, 2.75) is 20.1 Å². The first kappa shape index (κ1) is 13.9. The van der Waals surface area contributed by atoms with Crippen LogP contribution in [-0.4, -0.2) is 16.8 Å². The molecule has 0 fully saturated rings. The summed E-state index contributed by atoms with van der Waals surface area (Å²) in [7, 11) is 3.75. The molecule has 19 heavy (non-hydrogen) atoms. The van der Waals surface area contributed by atoms with Gasteiger partial charge in [0.1, 0.15) is 17.5 Å². The molecule has 1 aromatic heterocycles. The molecule has 2 aromatic rings. The molecule has 1 N–H and O–H groups in total. The number of halogens is 1. The minimum Gasteiger partial charge on any atom is -0.489 e. The van der Waals surface area contributed by atoms with E-state index in [0.29, 0.717) is 11.8 Å². The first-order valence-electron chi connectivity index (χ1n) is 6.16. The summed E-state index contributed by atoms with van der Waals surface area (Å²) < 4.78 is 7.40. The number of hydrogen-bond acceptors (Lipinski definition) is 3. The van der Waals surface area contributed by atoms with Crippen molar-refractivity contribution in [3.63, 3.8) is 0 Å². The summed E-state index contributed by atoms with van der Waals surface area (Å²) in [5, 5.41) is 8.00. The lowest BCUT2D eigenvalue weighted by Gasteiger charge is -2.07. The summed E-state index contributed by atoms with van der Waals surface area (Å²) in [5.41, 5.74) is 3.06. The SMILES string of the molecule is CNCc1ccc(OCc2c(C)nn(C)c2Cl)cc1. The molecule has 0 atom stereocenters. The van der Waals surface area contributed by atoms with Gasteiger partial charge in [0.25, 0.3) is 0 Å².